The fraction of sp³-hybridized carbons (Fsp3) is 0.588. The first-order valence-electron chi connectivity index (χ1n) is 7.89. The molecule has 0 amide bonds. The van der Waals surface area contributed by atoms with E-state index in [0.29, 0.717) is 17.9 Å². The van der Waals surface area contributed by atoms with Gasteiger partial charge >= 0.3 is 0 Å². The Morgan fingerprint density at radius 1 is 1.35 bits per heavy atom. The summed E-state index contributed by atoms with van der Waals surface area (Å²) in [5.41, 5.74) is 0.582. The van der Waals surface area contributed by atoms with Crippen LogP contribution in [0.25, 0.3) is 0 Å². The van der Waals surface area contributed by atoms with Gasteiger partial charge in [-0.2, -0.15) is 5.26 Å². The first-order valence-corrected chi connectivity index (χ1v) is 9.38. The highest BCUT2D eigenvalue weighted by Gasteiger charge is 2.10. The summed E-state index contributed by atoms with van der Waals surface area (Å²) in [6, 6.07) is 8.86. The molecule has 1 aromatic rings. The molecule has 0 saturated carbocycles. The summed E-state index contributed by atoms with van der Waals surface area (Å²) in [6.07, 6.45) is 1.23. The van der Waals surface area contributed by atoms with Gasteiger partial charge in [0.25, 0.3) is 0 Å². The number of aliphatic hydroxyl groups excluding tert-OH is 1. The molecule has 0 radical (unpaired) electrons. The van der Waals surface area contributed by atoms with Crippen molar-refractivity contribution < 1.29 is 14.1 Å². The third kappa shape index (κ3) is 8.70. The molecule has 0 heterocycles. The molecule has 0 bridgehead atoms. The van der Waals surface area contributed by atoms with Crippen LogP contribution in [0.4, 0.5) is 0 Å². The van der Waals surface area contributed by atoms with E-state index in [1.54, 1.807) is 24.3 Å². The number of benzene rings is 1. The Balaban J connectivity index is 2.20. The zero-order valence-corrected chi connectivity index (χ0v) is 14.7. The van der Waals surface area contributed by atoms with Crippen LogP contribution >= 0.6 is 0 Å². The second-order valence-corrected chi connectivity index (χ2v) is 7.26. The molecular formula is C17H26N2O3S. The number of nitriles is 1. The number of hydrogen-bond donors (Lipinski definition) is 1. The predicted octanol–water partition coefficient (Wildman–Crippen LogP) is 1.78. The van der Waals surface area contributed by atoms with Crippen molar-refractivity contribution in [1.29, 1.82) is 5.26 Å². The minimum Gasteiger partial charge on any atom is -0.491 e. The summed E-state index contributed by atoms with van der Waals surface area (Å²) in [4.78, 5) is 2.02. The number of aliphatic hydroxyl groups is 1. The zero-order valence-electron chi connectivity index (χ0n) is 13.9. The van der Waals surface area contributed by atoms with E-state index in [4.69, 9.17) is 10.00 Å². The maximum atomic E-state index is 11.6. The van der Waals surface area contributed by atoms with Crippen LogP contribution in [-0.2, 0) is 10.8 Å². The van der Waals surface area contributed by atoms with Crippen molar-refractivity contribution >= 4 is 10.8 Å². The lowest BCUT2D eigenvalue weighted by Crippen LogP contribution is -2.34. The topological polar surface area (TPSA) is 73.6 Å². The van der Waals surface area contributed by atoms with E-state index in [1.807, 2.05) is 24.9 Å². The molecule has 5 nitrogen and oxygen atoms in total. The van der Waals surface area contributed by atoms with Crippen LogP contribution in [0.15, 0.2) is 24.3 Å². The van der Waals surface area contributed by atoms with E-state index in [0.717, 1.165) is 30.9 Å². The molecule has 1 aromatic carbocycles. The van der Waals surface area contributed by atoms with Crippen molar-refractivity contribution in [1.82, 2.24) is 4.90 Å². The Kier molecular flexibility index (Phi) is 9.53. The summed E-state index contributed by atoms with van der Waals surface area (Å²) in [5.74, 6) is 2.13. The molecule has 1 rings (SSSR count). The lowest BCUT2D eigenvalue weighted by Gasteiger charge is -2.20. The van der Waals surface area contributed by atoms with Gasteiger partial charge in [0, 0.05) is 28.9 Å². The van der Waals surface area contributed by atoms with Crippen LogP contribution < -0.4 is 4.74 Å². The van der Waals surface area contributed by atoms with E-state index >= 15 is 0 Å². The van der Waals surface area contributed by atoms with Crippen molar-refractivity contribution in [2.45, 2.75) is 25.9 Å². The molecule has 2 unspecified atom stereocenters. The first-order chi connectivity index (χ1) is 11.0. The number of ether oxygens (including phenoxy) is 1. The fourth-order valence-corrected chi connectivity index (χ4v) is 3.26. The summed E-state index contributed by atoms with van der Waals surface area (Å²) in [7, 11) is 1.22. The lowest BCUT2D eigenvalue weighted by molar-refractivity contribution is 0.0765. The number of hydrogen-bond acceptors (Lipinski definition) is 5. The SMILES string of the molecule is CCCS(=O)CCCN(C)CC(O)COc1ccc(C#N)cc1. The normalized spacial score (nSPS) is 13.5. The van der Waals surface area contributed by atoms with Crippen LogP contribution in [-0.4, -0.2) is 58.6 Å². The highest BCUT2D eigenvalue weighted by atomic mass is 32.2. The molecule has 23 heavy (non-hydrogen) atoms. The molecule has 1 N–H and O–H groups in total. The third-order valence-corrected chi connectivity index (χ3v) is 4.90. The Labute approximate surface area is 141 Å². The minimum atomic E-state index is -0.717. The lowest BCUT2D eigenvalue weighted by atomic mass is 10.2. The van der Waals surface area contributed by atoms with Crippen molar-refractivity contribution in [3.8, 4) is 11.8 Å². The van der Waals surface area contributed by atoms with E-state index in [9.17, 15) is 9.32 Å². The molecule has 128 valence electrons. The highest BCUT2D eigenvalue weighted by Crippen LogP contribution is 2.11. The molecule has 6 heteroatoms. The van der Waals surface area contributed by atoms with E-state index in [2.05, 4.69) is 0 Å². The van der Waals surface area contributed by atoms with Crippen molar-refractivity contribution in [3.05, 3.63) is 29.8 Å². The standard InChI is InChI=1S/C17H26N2O3S/c1-3-10-23(21)11-4-9-19(2)13-16(20)14-22-17-7-5-15(12-18)6-8-17/h5-8,16,20H,3-4,9-11,13-14H2,1-2H3. The van der Waals surface area contributed by atoms with Crippen LogP contribution in [0.2, 0.25) is 0 Å². The molecule has 0 aliphatic heterocycles. The number of nitrogens with zero attached hydrogens (tertiary/aromatic N) is 2. The fourth-order valence-electron chi connectivity index (χ4n) is 2.15. The van der Waals surface area contributed by atoms with Gasteiger partial charge in [-0.15, -0.1) is 0 Å². The van der Waals surface area contributed by atoms with E-state index in [-0.39, 0.29) is 6.61 Å². The molecule has 2 atom stereocenters. The molecule has 0 aromatic heterocycles. The summed E-state index contributed by atoms with van der Waals surface area (Å²) in [5, 5.41) is 18.7. The van der Waals surface area contributed by atoms with E-state index < -0.39 is 16.9 Å². The Morgan fingerprint density at radius 3 is 2.65 bits per heavy atom. The smallest absolute Gasteiger partial charge is 0.119 e. The van der Waals surface area contributed by atoms with Crippen LogP contribution in [0, 0.1) is 11.3 Å². The Bertz CT molecular complexity index is 514. The van der Waals surface area contributed by atoms with Gasteiger partial charge in [-0.3, -0.25) is 4.21 Å². The molecule has 0 aliphatic rings. The molecule has 0 fully saturated rings. The minimum absolute atomic E-state index is 0.206. The number of rotatable bonds is 11. The molecular weight excluding hydrogens is 312 g/mol. The van der Waals surface area contributed by atoms with Crippen LogP contribution in [0.3, 0.4) is 0 Å². The zero-order chi connectivity index (χ0) is 17.1. The maximum Gasteiger partial charge on any atom is 0.119 e. The monoisotopic (exact) mass is 338 g/mol. The van der Waals surface area contributed by atoms with Gasteiger partial charge in [0.05, 0.1) is 11.6 Å². The summed E-state index contributed by atoms with van der Waals surface area (Å²) >= 11 is 0. The third-order valence-electron chi connectivity index (χ3n) is 3.29. The average molecular weight is 338 g/mol. The predicted molar refractivity (Wildman–Crippen MR) is 92.9 cm³/mol. The van der Waals surface area contributed by atoms with Crippen molar-refractivity contribution in [3.63, 3.8) is 0 Å². The second-order valence-electron chi connectivity index (χ2n) is 5.56. The maximum absolute atomic E-state index is 11.6. The average Bonchev–Trinajstić information content (AvgIpc) is 2.53. The van der Waals surface area contributed by atoms with Crippen LogP contribution in [0.1, 0.15) is 25.3 Å². The van der Waals surface area contributed by atoms with Gasteiger partial charge in [0.2, 0.25) is 0 Å². The molecule has 0 spiro atoms. The van der Waals surface area contributed by atoms with Gasteiger partial charge in [-0.1, -0.05) is 6.92 Å². The van der Waals surface area contributed by atoms with Crippen LogP contribution in [0.5, 0.6) is 5.75 Å². The van der Waals surface area contributed by atoms with Crippen molar-refractivity contribution in [2.24, 2.45) is 0 Å². The van der Waals surface area contributed by atoms with Gasteiger partial charge < -0.3 is 14.7 Å². The van der Waals surface area contributed by atoms with Gasteiger partial charge in [-0.25, -0.2) is 0 Å². The molecule has 0 aliphatic carbocycles. The Hall–Kier alpha value is -1.42. The van der Waals surface area contributed by atoms with Gasteiger partial charge in [0.1, 0.15) is 18.5 Å². The van der Waals surface area contributed by atoms with E-state index in [1.165, 1.54) is 0 Å². The second kappa shape index (κ2) is 11.2. The summed E-state index contributed by atoms with van der Waals surface area (Å²) < 4.78 is 17.1. The van der Waals surface area contributed by atoms with Crippen molar-refractivity contribution in [2.75, 3.05) is 38.2 Å². The van der Waals surface area contributed by atoms with Gasteiger partial charge in [0.15, 0.2) is 0 Å². The quantitative estimate of drug-likeness (QED) is 0.666. The Morgan fingerprint density at radius 2 is 2.04 bits per heavy atom. The largest absolute Gasteiger partial charge is 0.491 e. The first kappa shape index (κ1) is 19.6. The van der Waals surface area contributed by atoms with Gasteiger partial charge in [-0.05, 0) is 50.7 Å². The highest BCUT2D eigenvalue weighted by molar-refractivity contribution is 7.84. The number of likely N-dealkylation sites (N-methyl/N-ethyl adjacent to an activating group) is 1. The summed E-state index contributed by atoms with van der Waals surface area (Å²) in [6.45, 7) is 3.56. The molecule has 0 saturated heterocycles.